The molecule has 1 aromatic rings. The van der Waals surface area contributed by atoms with E-state index in [0.29, 0.717) is 12.0 Å². The van der Waals surface area contributed by atoms with Gasteiger partial charge in [0, 0.05) is 5.92 Å². The number of nitrogens with two attached hydrogens (primary N) is 1. The monoisotopic (exact) mass is 597 g/mol. The van der Waals surface area contributed by atoms with E-state index in [0.717, 1.165) is 6.42 Å². The topological polar surface area (TPSA) is 170 Å². The number of carboxylic acid groups (broad SMARTS) is 1. The van der Waals surface area contributed by atoms with Crippen molar-refractivity contribution in [3.05, 3.63) is 23.8 Å². The van der Waals surface area contributed by atoms with E-state index in [-0.39, 0.29) is 48.3 Å². The fourth-order valence-electron chi connectivity index (χ4n) is 3.70. The van der Waals surface area contributed by atoms with Crippen LogP contribution in [0, 0.1) is 16.7 Å². The van der Waals surface area contributed by atoms with Crippen LogP contribution in [-0.2, 0) is 23.7 Å². The zero-order valence-corrected chi connectivity index (χ0v) is 26.2. The van der Waals surface area contributed by atoms with Gasteiger partial charge in [-0.2, -0.15) is 0 Å². The second-order valence-electron chi connectivity index (χ2n) is 12.8. The average molecular weight is 598 g/mol. The van der Waals surface area contributed by atoms with E-state index in [1.54, 1.807) is 13.8 Å². The molecule has 0 bridgehead atoms. The van der Waals surface area contributed by atoms with Crippen molar-refractivity contribution in [3.8, 4) is 11.5 Å². The lowest BCUT2D eigenvalue weighted by molar-refractivity contribution is -0.139. The van der Waals surface area contributed by atoms with Crippen LogP contribution in [0.1, 0.15) is 86.6 Å². The van der Waals surface area contributed by atoms with E-state index in [4.69, 9.17) is 34.2 Å². The SMILES string of the molecule is CCCC(C)OC(=O)OCC(C)C(c1ccc(OC(=O)OCC(C)(C)C)c(OC(=O)OCC(C)(C)C)c1)[C@H](N)C(=O)O. The van der Waals surface area contributed by atoms with Gasteiger partial charge in [0.15, 0.2) is 11.5 Å². The largest absolute Gasteiger partial charge is 0.513 e. The molecule has 238 valence electrons. The zero-order valence-electron chi connectivity index (χ0n) is 26.2. The van der Waals surface area contributed by atoms with Crippen molar-refractivity contribution in [2.45, 2.75) is 93.2 Å². The number of aliphatic carboxylic acids is 1. The Morgan fingerprint density at radius 2 is 1.36 bits per heavy atom. The molecular weight excluding hydrogens is 550 g/mol. The van der Waals surface area contributed by atoms with E-state index in [1.165, 1.54) is 18.2 Å². The summed E-state index contributed by atoms with van der Waals surface area (Å²) in [5.74, 6) is -3.22. The molecule has 0 aliphatic carbocycles. The van der Waals surface area contributed by atoms with Gasteiger partial charge in [0.05, 0.1) is 19.8 Å². The van der Waals surface area contributed by atoms with Gasteiger partial charge < -0.3 is 39.3 Å². The minimum Gasteiger partial charge on any atom is -0.480 e. The van der Waals surface area contributed by atoms with Crippen LogP contribution in [0.4, 0.5) is 14.4 Å². The van der Waals surface area contributed by atoms with E-state index in [2.05, 4.69) is 0 Å². The Balaban J connectivity index is 3.32. The molecule has 0 saturated carbocycles. The van der Waals surface area contributed by atoms with Gasteiger partial charge in [-0.05, 0) is 47.8 Å². The first-order valence-corrected chi connectivity index (χ1v) is 14.0. The molecule has 12 heteroatoms. The van der Waals surface area contributed by atoms with Crippen LogP contribution < -0.4 is 15.2 Å². The fraction of sp³-hybridized carbons (Fsp3) is 0.667. The van der Waals surface area contributed by atoms with Gasteiger partial charge in [-0.1, -0.05) is 67.9 Å². The molecule has 0 heterocycles. The van der Waals surface area contributed by atoms with Gasteiger partial charge in [-0.15, -0.1) is 0 Å². The minimum absolute atomic E-state index is 0.0448. The number of carbonyl (C=O) groups excluding carboxylic acids is 3. The van der Waals surface area contributed by atoms with Gasteiger partial charge >= 0.3 is 24.4 Å². The number of hydrogen-bond acceptors (Lipinski definition) is 11. The number of hydrogen-bond donors (Lipinski definition) is 2. The van der Waals surface area contributed by atoms with Crippen LogP contribution in [-0.4, -0.2) is 61.5 Å². The number of ether oxygens (including phenoxy) is 6. The highest BCUT2D eigenvalue weighted by Gasteiger charge is 2.33. The summed E-state index contributed by atoms with van der Waals surface area (Å²) in [7, 11) is 0. The van der Waals surface area contributed by atoms with Gasteiger partial charge in [0.2, 0.25) is 0 Å². The lowest BCUT2D eigenvalue weighted by Gasteiger charge is -2.28. The van der Waals surface area contributed by atoms with Crippen LogP contribution in [0.3, 0.4) is 0 Å². The van der Waals surface area contributed by atoms with Crippen LogP contribution in [0.5, 0.6) is 11.5 Å². The number of carboxylic acids is 1. The van der Waals surface area contributed by atoms with Crippen molar-refractivity contribution in [1.29, 1.82) is 0 Å². The Morgan fingerprint density at radius 3 is 1.83 bits per heavy atom. The third-order valence-electron chi connectivity index (χ3n) is 5.73. The van der Waals surface area contributed by atoms with Gasteiger partial charge in [-0.3, -0.25) is 4.79 Å². The smallest absolute Gasteiger partial charge is 0.480 e. The molecule has 0 aromatic heterocycles. The van der Waals surface area contributed by atoms with Gasteiger partial charge in [-0.25, -0.2) is 14.4 Å². The Labute approximate surface area is 248 Å². The molecule has 4 atom stereocenters. The fourth-order valence-corrected chi connectivity index (χ4v) is 3.70. The van der Waals surface area contributed by atoms with E-state index < -0.39 is 42.3 Å². The quantitative estimate of drug-likeness (QED) is 0.148. The highest BCUT2D eigenvalue weighted by molar-refractivity contribution is 5.75. The summed E-state index contributed by atoms with van der Waals surface area (Å²) in [5.41, 5.74) is 5.71. The third-order valence-corrected chi connectivity index (χ3v) is 5.73. The summed E-state index contributed by atoms with van der Waals surface area (Å²) in [5, 5.41) is 9.73. The maximum absolute atomic E-state index is 12.5. The lowest BCUT2D eigenvalue weighted by Crippen LogP contribution is -2.40. The average Bonchev–Trinajstić information content (AvgIpc) is 2.85. The first kappa shape index (κ1) is 36.5. The number of carbonyl (C=O) groups is 4. The van der Waals surface area contributed by atoms with Gasteiger partial charge in [0.1, 0.15) is 12.1 Å². The number of benzene rings is 1. The summed E-state index contributed by atoms with van der Waals surface area (Å²) in [4.78, 5) is 49.0. The molecule has 12 nitrogen and oxygen atoms in total. The summed E-state index contributed by atoms with van der Waals surface area (Å²) >= 11 is 0. The molecule has 0 radical (unpaired) electrons. The van der Waals surface area contributed by atoms with Crippen LogP contribution >= 0.6 is 0 Å². The first-order valence-electron chi connectivity index (χ1n) is 14.0. The second-order valence-corrected chi connectivity index (χ2v) is 12.8. The molecular formula is C30H47NO11. The summed E-state index contributed by atoms with van der Waals surface area (Å²) < 4.78 is 31.5. The molecule has 3 unspecified atom stereocenters. The molecule has 3 N–H and O–H groups in total. The van der Waals surface area contributed by atoms with Gasteiger partial charge in [0.25, 0.3) is 0 Å². The van der Waals surface area contributed by atoms with Crippen LogP contribution in [0.25, 0.3) is 0 Å². The minimum atomic E-state index is -1.43. The highest BCUT2D eigenvalue weighted by Crippen LogP contribution is 2.36. The molecule has 0 spiro atoms. The van der Waals surface area contributed by atoms with Crippen molar-refractivity contribution in [2.75, 3.05) is 19.8 Å². The summed E-state index contributed by atoms with van der Waals surface area (Å²) in [6.07, 6.45) is -1.82. The van der Waals surface area contributed by atoms with Crippen molar-refractivity contribution in [2.24, 2.45) is 22.5 Å². The van der Waals surface area contributed by atoms with Crippen LogP contribution in [0.2, 0.25) is 0 Å². The molecule has 42 heavy (non-hydrogen) atoms. The predicted octanol–water partition coefficient (Wildman–Crippen LogP) is 6.28. The molecule has 1 aromatic carbocycles. The van der Waals surface area contributed by atoms with Crippen molar-refractivity contribution in [1.82, 2.24) is 0 Å². The number of rotatable bonds is 13. The van der Waals surface area contributed by atoms with Crippen molar-refractivity contribution < 1.29 is 52.7 Å². The molecule has 0 aliphatic heterocycles. The standard InChI is InChI=1S/C30H47NO11/c1-10-11-19(3)40-26(34)37-15-18(2)23(24(31)25(32)33)20-12-13-21(41-27(35)38-16-29(4,5)6)22(14-20)42-28(36)39-17-30(7,8)9/h12-14,18-19,23-24H,10-11,15-17,31H2,1-9H3,(H,32,33)/t18?,19?,23?,24-/m0/s1. The molecule has 0 aliphatic rings. The zero-order chi connectivity index (χ0) is 32.3. The Bertz CT molecular complexity index is 1060. The molecule has 0 saturated heterocycles. The van der Waals surface area contributed by atoms with Crippen molar-refractivity contribution in [3.63, 3.8) is 0 Å². The Kier molecular flexibility index (Phi) is 14.1. The molecule has 1 rings (SSSR count). The van der Waals surface area contributed by atoms with Crippen LogP contribution in [0.15, 0.2) is 18.2 Å². The third kappa shape index (κ3) is 13.9. The summed E-state index contributed by atoms with van der Waals surface area (Å²) in [6, 6.07) is 2.71. The Morgan fingerprint density at radius 1 is 0.833 bits per heavy atom. The molecule has 0 amide bonds. The molecule has 0 fully saturated rings. The summed E-state index contributed by atoms with van der Waals surface area (Å²) in [6.45, 7) is 16.5. The van der Waals surface area contributed by atoms with E-state index in [1.807, 2.05) is 48.5 Å². The Hall–Kier alpha value is -3.54. The maximum atomic E-state index is 12.5. The maximum Gasteiger partial charge on any atom is 0.513 e. The second kappa shape index (κ2) is 16.2. The van der Waals surface area contributed by atoms with Crippen molar-refractivity contribution >= 4 is 24.4 Å². The highest BCUT2D eigenvalue weighted by atomic mass is 16.7. The van der Waals surface area contributed by atoms with E-state index >= 15 is 0 Å². The first-order chi connectivity index (χ1) is 19.3. The predicted molar refractivity (Wildman–Crippen MR) is 154 cm³/mol. The van der Waals surface area contributed by atoms with E-state index in [9.17, 15) is 24.3 Å². The normalized spacial score (nSPS) is 14.5. The lowest BCUT2D eigenvalue weighted by atomic mass is 9.82.